The Morgan fingerprint density at radius 2 is 2.04 bits per heavy atom. The monoisotopic (exact) mass is 336 g/mol. The fourth-order valence-electron chi connectivity index (χ4n) is 2.80. The average molecular weight is 336 g/mol. The van der Waals surface area contributed by atoms with Gasteiger partial charge in [-0.3, -0.25) is 10.1 Å². The molecule has 23 heavy (non-hydrogen) atoms. The highest BCUT2D eigenvalue weighted by molar-refractivity contribution is 5.65. The van der Waals surface area contributed by atoms with Crippen LogP contribution >= 0.6 is 0 Å². The van der Waals surface area contributed by atoms with Crippen molar-refractivity contribution in [2.75, 3.05) is 12.4 Å². The van der Waals surface area contributed by atoms with E-state index in [0.29, 0.717) is 18.9 Å². The predicted molar refractivity (Wildman–Crippen MR) is 75.0 cm³/mol. The molecule has 0 saturated heterocycles. The smallest absolute Gasteiger partial charge is 0.391 e. The van der Waals surface area contributed by atoms with Gasteiger partial charge in [-0.05, 0) is 19.3 Å². The molecule has 0 aliphatic heterocycles. The zero-order chi connectivity index (χ0) is 17.2. The molecule has 2 atom stereocenters. The number of nitrogens with zero attached hydrogens (tertiary/aromatic N) is 1. The molecule has 1 aliphatic carbocycles. The van der Waals surface area contributed by atoms with E-state index in [2.05, 4.69) is 5.32 Å². The van der Waals surface area contributed by atoms with Gasteiger partial charge in [-0.25, -0.2) is 4.39 Å². The Bertz CT molecular complexity index is 592. The summed E-state index contributed by atoms with van der Waals surface area (Å²) in [5.41, 5.74) is -0.571. The zero-order valence-corrected chi connectivity index (χ0v) is 12.3. The van der Waals surface area contributed by atoms with Crippen LogP contribution in [0.2, 0.25) is 0 Å². The number of nitrogens with one attached hydrogen (secondary N) is 1. The number of ether oxygens (including phenoxy) is 1. The summed E-state index contributed by atoms with van der Waals surface area (Å²) in [6, 6.07) is 1.24. The largest absolute Gasteiger partial charge is 0.494 e. The second-order valence-electron chi connectivity index (χ2n) is 5.51. The van der Waals surface area contributed by atoms with E-state index in [9.17, 15) is 27.7 Å². The number of nitro benzene ring substituents is 1. The van der Waals surface area contributed by atoms with E-state index in [1.165, 1.54) is 7.11 Å². The molecular formula is C14H16F4N2O3. The summed E-state index contributed by atoms with van der Waals surface area (Å²) in [4.78, 5) is 10.2. The number of nitro groups is 1. The van der Waals surface area contributed by atoms with Gasteiger partial charge in [0.2, 0.25) is 0 Å². The lowest BCUT2D eigenvalue weighted by Crippen LogP contribution is -2.34. The van der Waals surface area contributed by atoms with Crippen LogP contribution in [0.4, 0.5) is 28.9 Å². The van der Waals surface area contributed by atoms with Crippen molar-refractivity contribution in [3.63, 3.8) is 0 Å². The molecule has 0 radical (unpaired) electrons. The van der Waals surface area contributed by atoms with Crippen molar-refractivity contribution >= 4 is 11.4 Å². The zero-order valence-electron chi connectivity index (χ0n) is 12.3. The normalized spacial score (nSPS) is 21.8. The van der Waals surface area contributed by atoms with Crippen LogP contribution in [0, 0.1) is 21.8 Å². The fraction of sp³-hybridized carbons (Fsp3) is 0.571. The van der Waals surface area contributed by atoms with Crippen molar-refractivity contribution in [2.45, 2.75) is 37.9 Å². The van der Waals surface area contributed by atoms with Crippen molar-refractivity contribution in [3.8, 4) is 5.75 Å². The van der Waals surface area contributed by atoms with Crippen LogP contribution in [-0.4, -0.2) is 24.3 Å². The average Bonchev–Trinajstić information content (AvgIpc) is 2.48. The summed E-state index contributed by atoms with van der Waals surface area (Å²) < 4.78 is 56.8. The first-order valence-electron chi connectivity index (χ1n) is 7.07. The second-order valence-corrected chi connectivity index (χ2v) is 5.51. The highest BCUT2D eigenvalue weighted by Gasteiger charge is 2.42. The standard InChI is InChI=1S/C14H16F4N2O3/c1-23-13-7-11(12(20(21)22)6-10(13)15)19-9-4-2-3-8(5-9)14(16,17)18/h6-9,19H,2-5H2,1H3. The van der Waals surface area contributed by atoms with Crippen molar-refractivity contribution < 1.29 is 27.2 Å². The van der Waals surface area contributed by atoms with Crippen LogP contribution in [0.15, 0.2) is 12.1 Å². The van der Waals surface area contributed by atoms with Crippen LogP contribution in [0.3, 0.4) is 0 Å². The van der Waals surface area contributed by atoms with Crippen molar-refractivity contribution in [1.29, 1.82) is 0 Å². The first kappa shape index (κ1) is 17.3. The van der Waals surface area contributed by atoms with Gasteiger partial charge in [0.15, 0.2) is 11.6 Å². The maximum absolute atomic E-state index is 13.6. The third-order valence-corrected chi connectivity index (χ3v) is 3.96. The predicted octanol–water partition coefficient (Wildman–Crippen LogP) is 4.28. The van der Waals surface area contributed by atoms with Crippen LogP contribution in [0.1, 0.15) is 25.7 Å². The molecule has 1 aliphatic rings. The van der Waals surface area contributed by atoms with Gasteiger partial charge in [0, 0.05) is 12.1 Å². The van der Waals surface area contributed by atoms with Gasteiger partial charge in [0.05, 0.1) is 24.0 Å². The Hall–Kier alpha value is -2.06. The molecule has 2 rings (SSSR count). The number of benzene rings is 1. The maximum atomic E-state index is 13.6. The lowest BCUT2D eigenvalue weighted by Gasteiger charge is -2.31. The molecule has 5 nitrogen and oxygen atoms in total. The summed E-state index contributed by atoms with van der Waals surface area (Å²) in [7, 11) is 1.20. The highest BCUT2D eigenvalue weighted by atomic mass is 19.4. The minimum Gasteiger partial charge on any atom is -0.494 e. The SMILES string of the molecule is COc1cc(NC2CCCC(C(F)(F)F)C2)c([N+](=O)[O-])cc1F. The molecule has 1 aromatic carbocycles. The first-order chi connectivity index (χ1) is 10.7. The van der Waals surface area contributed by atoms with Crippen molar-refractivity contribution in [2.24, 2.45) is 5.92 Å². The maximum Gasteiger partial charge on any atom is 0.391 e. The van der Waals surface area contributed by atoms with E-state index < -0.39 is 34.6 Å². The first-order valence-corrected chi connectivity index (χ1v) is 7.07. The molecule has 2 unspecified atom stereocenters. The van der Waals surface area contributed by atoms with Gasteiger partial charge in [0.25, 0.3) is 5.69 Å². The minimum atomic E-state index is -4.28. The summed E-state index contributed by atoms with van der Waals surface area (Å²) in [6.45, 7) is 0. The van der Waals surface area contributed by atoms with E-state index in [1.54, 1.807) is 0 Å². The highest BCUT2D eigenvalue weighted by Crippen LogP contribution is 2.40. The lowest BCUT2D eigenvalue weighted by molar-refractivity contribution is -0.384. The number of hydrogen-bond acceptors (Lipinski definition) is 4. The van der Waals surface area contributed by atoms with E-state index in [4.69, 9.17) is 4.74 Å². The second kappa shape index (κ2) is 6.59. The van der Waals surface area contributed by atoms with E-state index in [1.807, 2.05) is 0 Å². The van der Waals surface area contributed by atoms with Crippen molar-refractivity contribution in [1.82, 2.24) is 0 Å². The third kappa shape index (κ3) is 4.02. The Kier molecular flexibility index (Phi) is 4.96. The van der Waals surface area contributed by atoms with E-state index in [-0.39, 0.29) is 24.3 Å². The summed E-state index contributed by atoms with van der Waals surface area (Å²) in [5, 5.41) is 13.8. The van der Waals surface area contributed by atoms with E-state index in [0.717, 1.165) is 6.07 Å². The van der Waals surface area contributed by atoms with Crippen LogP contribution in [-0.2, 0) is 0 Å². The molecule has 0 amide bonds. The Labute approximate surface area is 129 Å². The number of anilines is 1. The topological polar surface area (TPSA) is 64.4 Å². The molecule has 1 aromatic rings. The van der Waals surface area contributed by atoms with Crippen LogP contribution in [0.25, 0.3) is 0 Å². The number of methoxy groups -OCH3 is 1. The minimum absolute atomic E-state index is 0.0407. The van der Waals surface area contributed by atoms with Gasteiger partial charge in [-0.2, -0.15) is 13.2 Å². The molecule has 9 heteroatoms. The van der Waals surface area contributed by atoms with Gasteiger partial charge in [-0.1, -0.05) is 6.42 Å². The molecule has 0 spiro atoms. The number of alkyl halides is 3. The number of rotatable bonds is 4. The Morgan fingerprint density at radius 1 is 1.35 bits per heavy atom. The molecule has 0 heterocycles. The Morgan fingerprint density at radius 3 is 2.61 bits per heavy atom. The van der Waals surface area contributed by atoms with Crippen LogP contribution in [0.5, 0.6) is 5.75 Å². The van der Waals surface area contributed by atoms with E-state index >= 15 is 0 Å². The van der Waals surface area contributed by atoms with Gasteiger partial charge in [0.1, 0.15) is 5.69 Å². The molecule has 128 valence electrons. The van der Waals surface area contributed by atoms with Crippen molar-refractivity contribution in [3.05, 3.63) is 28.1 Å². The lowest BCUT2D eigenvalue weighted by atomic mass is 9.85. The van der Waals surface area contributed by atoms with Crippen LogP contribution < -0.4 is 10.1 Å². The summed E-state index contributed by atoms with van der Waals surface area (Å²) >= 11 is 0. The Balaban J connectivity index is 2.23. The van der Waals surface area contributed by atoms with Gasteiger partial charge < -0.3 is 10.1 Å². The molecular weight excluding hydrogens is 320 g/mol. The molecule has 0 aromatic heterocycles. The number of hydrogen-bond donors (Lipinski definition) is 1. The fourth-order valence-corrected chi connectivity index (χ4v) is 2.80. The molecule has 0 bridgehead atoms. The molecule has 1 saturated carbocycles. The summed E-state index contributed by atoms with van der Waals surface area (Å²) in [6.07, 6.45) is -3.57. The number of halogens is 4. The molecule has 1 fully saturated rings. The van der Waals surface area contributed by atoms with Gasteiger partial charge in [-0.15, -0.1) is 0 Å². The van der Waals surface area contributed by atoms with Gasteiger partial charge >= 0.3 is 6.18 Å². The quantitative estimate of drug-likeness (QED) is 0.506. The summed E-state index contributed by atoms with van der Waals surface area (Å²) in [5.74, 6) is -2.54. The molecule has 1 N–H and O–H groups in total. The third-order valence-electron chi connectivity index (χ3n) is 3.96.